The Labute approximate surface area is 105 Å². The predicted molar refractivity (Wildman–Crippen MR) is 69.6 cm³/mol. The normalized spacial score (nSPS) is 42.9. The van der Waals surface area contributed by atoms with Gasteiger partial charge in [-0.2, -0.15) is 0 Å². The van der Waals surface area contributed by atoms with Gasteiger partial charge in [-0.15, -0.1) is 0 Å². The zero-order chi connectivity index (χ0) is 12.8. The summed E-state index contributed by atoms with van der Waals surface area (Å²) in [5.74, 6) is 0.797. The summed E-state index contributed by atoms with van der Waals surface area (Å²) in [6, 6.07) is 0. The molecule has 2 aliphatic carbocycles. The lowest BCUT2D eigenvalue weighted by molar-refractivity contribution is -0.0797. The van der Waals surface area contributed by atoms with Gasteiger partial charge in [0.05, 0.1) is 11.7 Å². The van der Waals surface area contributed by atoms with Crippen LogP contribution in [-0.2, 0) is 0 Å². The second-order valence-corrected chi connectivity index (χ2v) is 6.88. The maximum Gasteiger partial charge on any atom is 0.0633 e. The molecule has 0 aromatic rings. The van der Waals surface area contributed by atoms with Crippen LogP contribution in [0.5, 0.6) is 0 Å². The van der Waals surface area contributed by atoms with Crippen molar-refractivity contribution in [2.24, 2.45) is 17.3 Å². The van der Waals surface area contributed by atoms with Gasteiger partial charge in [0, 0.05) is 5.41 Å². The zero-order valence-corrected chi connectivity index (χ0v) is 11.5. The lowest BCUT2D eigenvalue weighted by Gasteiger charge is -2.52. The molecule has 0 heterocycles. The molecule has 2 heteroatoms. The number of hydrogen-bond donors (Lipinski definition) is 2. The van der Waals surface area contributed by atoms with Gasteiger partial charge in [-0.05, 0) is 58.3 Å². The topological polar surface area (TPSA) is 40.5 Å². The molecule has 0 amide bonds. The first-order valence-electron chi connectivity index (χ1n) is 6.82. The molecule has 0 bridgehead atoms. The molecular weight excluding hydrogens is 212 g/mol. The van der Waals surface area contributed by atoms with E-state index >= 15 is 0 Å². The molecular formula is C15H26O2. The van der Waals surface area contributed by atoms with E-state index < -0.39 is 5.60 Å². The Morgan fingerprint density at radius 1 is 1.41 bits per heavy atom. The maximum absolute atomic E-state index is 10.3. The smallest absolute Gasteiger partial charge is 0.0633 e. The van der Waals surface area contributed by atoms with E-state index in [2.05, 4.69) is 19.9 Å². The van der Waals surface area contributed by atoms with E-state index in [1.807, 2.05) is 13.8 Å². The van der Waals surface area contributed by atoms with Crippen LogP contribution in [0.25, 0.3) is 0 Å². The summed E-state index contributed by atoms with van der Waals surface area (Å²) >= 11 is 0. The Hall–Kier alpha value is -0.340. The van der Waals surface area contributed by atoms with Crippen LogP contribution in [0.4, 0.5) is 0 Å². The van der Waals surface area contributed by atoms with Gasteiger partial charge in [0.15, 0.2) is 0 Å². The molecule has 0 aliphatic heterocycles. The van der Waals surface area contributed by atoms with E-state index in [4.69, 9.17) is 0 Å². The highest BCUT2D eigenvalue weighted by Gasteiger charge is 2.49. The number of fused-ring (bicyclic) bond motifs is 1. The molecule has 0 radical (unpaired) electrons. The van der Waals surface area contributed by atoms with E-state index in [1.54, 1.807) is 0 Å². The van der Waals surface area contributed by atoms with Gasteiger partial charge in [0.25, 0.3) is 0 Å². The molecule has 2 N–H and O–H groups in total. The molecule has 0 aromatic heterocycles. The first-order valence-corrected chi connectivity index (χ1v) is 6.82. The minimum atomic E-state index is -0.593. The second-order valence-electron chi connectivity index (χ2n) is 6.88. The van der Waals surface area contributed by atoms with Gasteiger partial charge < -0.3 is 10.2 Å². The summed E-state index contributed by atoms with van der Waals surface area (Å²) in [6.07, 6.45) is 5.84. The van der Waals surface area contributed by atoms with Crippen molar-refractivity contribution in [2.45, 2.75) is 65.1 Å². The average molecular weight is 238 g/mol. The summed E-state index contributed by atoms with van der Waals surface area (Å²) in [7, 11) is 0. The van der Waals surface area contributed by atoms with Crippen LogP contribution in [0.15, 0.2) is 11.6 Å². The lowest BCUT2D eigenvalue weighted by atomic mass is 9.55. The van der Waals surface area contributed by atoms with Crippen molar-refractivity contribution < 1.29 is 10.2 Å². The Morgan fingerprint density at radius 2 is 2.06 bits per heavy atom. The molecule has 17 heavy (non-hydrogen) atoms. The van der Waals surface area contributed by atoms with Gasteiger partial charge in [0.1, 0.15) is 0 Å². The number of hydrogen-bond acceptors (Lipinski definition) is 2. The van der Waals surface area contributed by atoms with Gasteiger partial charge in [-0.25, -0.2) is 0 Å². The van der Waals surface area contributed by atoms with Crippen LogP contribution < -0.4 is 0 Å². The third kappa shape index (κ3) is 2.17. The largest absolute Gasteiger partial charge is 0.392 e. The van der Waals surface area contributed by atoms with Crippen LogP contribution in [0.1, 0.15) is 53.4 Å². The van der Waals surface area contributed by atoms with Crippen LogP contribution in [0.3, 0.4) is 0 Å². The first kappa shape index (κ1) is 13.1. The molecule has 4 atom stereocenters. The summed E-state index contributed by atoms with van der Waals surface area (Å²) in [5, 5.41) is 20.5. The number of allylic oxidation sites excluding steroid dienone is 1. The van der Waals surface area contributed by atoms with Crippen LogP contribution in [-0.4, -0.2) is 21.9 Å². The molecule has 0 saturated heterocycles. The molecule has 2 nitrogen and oxygen atoms in total. The summed E-state index contributed by atoms with van der Waals surface area (Å²) in [6.45, 7) is 8.23. The SMILES string of the molecule is CC1=CCC(O)[C@]2(C)CCC(C(C)(C)O)C[C@@H]12. The first-order chi connectivity index (χ1) is 7.75. The van der Waals surface area contributed by atoms with Crippen molar-refractivity contribution >= 4 is 0 Å². The quantitative estimate of drug-likeness (QED) is 0.690. The molecule has 0 aromatic carbocycles. The van der Waals surface area contributed by atoms with Crippen molar-refractivity contribution in [1.29, 1.82) is 0 Å². The highest BCUT2D eigenvalue weighted by molar-refractivity contribution is 5.18. The van der Waals surface area contributed by atoms with E-state index in [9.17, 15) is 10.2 Å². The fourth-order valence-corrected chi connectivity index (χ4v) is 3.79. The Bertz CT molecular complexity index is 326. The minimum Gasteiger partial charge on any atom is -0.392 e. The van der Waals surface area contributed by atoms with E-state index in [-0.39, 0.29) is 11.5 Å². The standard InChI is InChI=1S/C15H26O2/c1-10-5-6-13(16)15(4)8-7-11(9-12(10)15)14(2,3)17/h5,11-13,16-17H,6-9H2,1-4H3/t11?,12-,13?,15+/m0/s1. The number of aliphatic hydroxyl groups excluding tert-OH is 1. The van der Waals surface area contributed by atoms with Gasteiger partial charge in [-0.3, -0.25) is 0 Å². The van der Waals surface area contributed by atoms with Crippen molar-refractivity contribution in [3.05, 3.63) is 11.6 Å². The van der Waals surface area contributed by atoms with E-state index in [0.29, 0.717) is 11.8 Å². The second kappa shape index (κ2) is 4.10. The van der Waals surface area contributed by atoms with E-state index in [0.717, 1.165) is 25.7 Å². The highest BCUT2D eigenvalue weighted by atomic mass is 16.3. The van der Waals surface area contributed by atoms with Crippen LogP contribution >= 0.6 is 0 Å². The minimum absolute atomic E-state index is 0.0284. The summed E-state index contributed by atoms with van der Waals surface area (Å²) in [4.78, 5) is 0. The van der Waals surface area contributed by atoms with Crippen molar-refractivity contribution in [3.63, 3.8) is 0 Å². The number of aliphatic hydroxyl groups is 2. The monoisotopic (exact) mass is 238 g/mol. The van der Waals surface area contributed by atoms with E-state index in [1.165, 1.54) is 5.57 Å². The fourth-order valence-electron chi connectivity index (χ4n) is 3.79. The lowest BCUT2D eigenvalue weighted by Crippen LogP contribution is -2.49. The Morgan fingerprint density at radius 3 is 2.65 bits per heavy atom. The molecule has 2 aliphatic rings. The van der Waals surface area contributed by atoms with Gasteiger partial charge in [0.2, 0.25) is 0 Å². The van der Waals surface area contributed by atoms with Crippen molar-refractivity contribution in [1.82, 2.24) is 0 Å². The van der Waals surface area contributed by atoms with Crippen LogP contribution in [0, 0.1) is 17.3 Å². The average Bonchev–Trinajstić information content (AvgIpc) is 2.22. The summed E-state index contributed by atoms with van der Waals surface area (Å²) < 4.78 is 0. The third-order valence-corrected chi connectivity index (χ3v) is 5.32. The molecule has 1 fully saturated rings. The fraction of sp³-hybridized carbons (Fsp3) is 0.867. The molecule has 98 valence electrons. The molecule has 2 unspecified atom stereocenters. The molecule has 2 rings (SSSR count). The molecule has 0 spiro atoms. The summed E-state index contributed by atoms with van der Waals surface area (Å²) in [5.41, 5.74) is 0.844. The molecule has 1 saturated carbocycles. The predicted octanol–water partition coefficient (Wildman–Crippen LogP) is 2.89. The highest BCUT2D eigenvalue weighted by Crippen LogP contribution is 2.53. The zero-order valence-electron chi connectivity index (χ0n) is 11.5. The maximum atomic E-state index is 10.3. The van der Waals surface area contributed by atoms with Crippen LogP contribution in [0.2, 0.25) is 0 Å². The van der Waals surface area contributed by atoms with Crippen molar-refractivity contribution in [3.8, 4) is 0 Å². The third-order valence-electron chi connectivity index (χ3n) is 5.32. The Balaban J connectivity index is 2.24. The van der Waals surface area contributed by atoms with Gasteiger partial charge in [-0.1, -0.05) is 18.6 Å². The Kier molecular flexibility index (Phi) is 3.16. The van der Waals surface area contributed by atoms with Crippen molar-refractivity contribution in [2.75, 3.05) is 0 Å². The number of rotatable bonds is 1. The van der Waals surface area contributed by atoms with Gasteiger partial charge >= 0.3 is 0 Å².